The van der Waals surface area contributed by atoms with E-state index in [1.54, 1.807) is 0 Å². The average Bonchev–Trinajstić information content (AvgIpc) is 2.66. The maximum atomic E-state index is 6.30. The molecule has 4 rings (SSSR count). The van der Waals surface area contributed by atoms with Crippen LogP contribution in [0.5, 0.6) is 5.75 Å². The van der Waals surface area contributed by atoms with Crippen LogP contribution in [0.1, 0.15) is 27.2 Å². The molecule has 2 aromatic carbocycles. The van der Waals surface area contributed by atoms with E-state index in [2.05, 4.69) is 73.9 Å². The summed E-state index contributed by atoms with van der Waals surface area (Å²) in [5.74, 6) is 1.66. The minimum atomic E-state index is 0.202. The van der Waals surface area contributed by atoms with Crippen LogP contribution in [-0.4, -0.2) is 24.8 Å². The molecule has 1 heterocycles. The van der Waals surface area contributed by atoms with E-state index in [1.807, 2.05) is 0 Å². The zero-order chi connectivity index (χ0) is 18.1. The minimum Gasteiger partial charge on any atom is -0.453 e. The van der Waals surface area contributed by atoms with Crippen molar-refractivity contribution in [3.63, 3.8) is 0 Å². The van der Waals surface area contributed by atoms with Gasteiger partial charge in [-0.1, -0.05) is 43.7 Å². The lowest BCUT2D eigenvalue weighted by Gasteiger charge is -2.27. The fourth-order valence-electron chi connectivity index (χ4n) is 3.53. The van der Waals surface area contributed by atoms with E-state index in [-0.39, 0.29) is 6.04 Å². The van der Waals surface area contributed by atoms with Crippen LogP contribution >= 0.6 is 0 Å². The van der Waals surface area contributed by atoms with Crippen molar-refractivity contribution in [1.29, 1.82) is 0 Å². The Morgan fingerprint density at radius 2 is 1.96 bits per heavy atom. The molecule has 1 unspecified atom stereocenters. The summed E-state index contributed by atoms with van der Waals surface area (Å²) in [6.45, 7) is 8.27. The number of benzene rings is 2. The van der Waals surface area contributed by atoms with E-state index < -0.39 is 0 Å². The second-order valence-electron chi connectivity index (χ2n) is 6.80. The molecule has 26 heavy (non-hydrogen) atoms. The molecular weight excluding hydrogens is 322 g/mol. The zero-order valence-electron chi connectivity index (χ0n) is 15.6. The van der Waals surface area contributed by atoms with Crippen molar-refractivity contribution in [2.24, 2.45) is 4.99 Å². The Morgan fingerprint density at radius 3 is 2.73 bits per heavy atom. The lowest BCUT2D eigenvalue weighted by Crippen LogP contribution is -2.33. The predicted molar refractivity (Wildman–Crippen MR) is 110 cm³/mol. The number of allylic oxidation sites excluding steroid dienone is 1. The van der Waals surface area contributed by atoms with E-state index in [4.69, 9.17) is 9.73 Å². The first-order valence-electron chi connectivity index (χ1n) is 9.41. The molecule has 4 nitrogen and oxygen atoms in total. The topological polar surface area (TPSA) is 45.7 Å². The van der Waals surface area contributed by atoms with Crippen LogP contribution < -0.4 is 15.4 Å². The van der Waals surface area contributed by atoms with Gasteiger partial charge < -0.3 is 15.4 Å². The van der Waals surface area contributed by atoms with Crippen molar-refractivity contribution in [2.45, 2.75) is 33.2 Å². The fraction of sp³-hybridized carbons (Fsp3) is 0.318. The highest BCUT2D eigenvalue weighted by molar-refractivity contribution is 6.14. The predicted octanol–water partition coefficient (Wildman–Crippen LogP) is 4.95. The van der Waals surface area contributed by atoms with Crippen LogP contribution in [0.4, 0.5) is 11.4 Å². The van der Waals surface area contributed by atoms with Gasteiger partial charge >= 0.3 is 0 Å². The Labute approximate surface area is 154 Å². The Kier molecular flexibility index (Phi) is 4.51. The van der Waals surface area contributed by atoms with E-state index in [0.29, 0.717) is 0 Å². The summed E-state index contributed by atoms with van der Waals surface area (Å²) >= 11 is 0. The molecule has 134 valence electrons. The van der Waals surface area contributed by atoms with Crippen molar-refractivity contribution in [2.75, 3.05) is 18.4 Å². The van der Waals surface area contributed by atoms with E-state index in [0.717, 1.165) is 53.5 Å². The van der Waals surface area contributed by atoms with Crippen molar-refractivity contribution in [1.82, 2.24) is 5.32 Å². The first-order valence-corrected chi connectivity index (χ1v) is 9.41. The summed E-state index contributed by atoms with van der Waals surface area (Å²) in [7, 11) is 0. The molecule has 0 aromatic heterocycles. The number of nitrogens with one attached hydrogen (secondary N) is 2. The molecule has 0 spiro atoms. The molecule has 0 amide bonds. The average molecular weight is 347 g/mol. The molecule has 2 aromatic rings. The highest BCUT2D eigenvalue weighted by Gasteiger charge is 2.26. The van der Waals surface area contributed by atoms with Crippen LogP contribution in [0.25, 0.3) is 10.8 Å². The Morgan fingerprint density at radius 1 is 1.15 bits per heavy atom. The third-order valence-electron chi connectivity index (χ3n) is 4.85. The molecule has 0 saturated heterocycles. The number of aliphatic imine (C=N–C) groups is 1. The largest absolute Gasteiger partial charge is 0.453 e. The summed E-state index contributed by atoms with van der Waals surface area (Å²) < 4.78 is 6.30. The maximum absolute atomic E-state index is 6.30. The SMILES string of the molecule is CCCNc1cc2c(c3ccccc13)N=C1C=C(C)C(NCC)C=C1O2. The summed E-state index contributed by atoms with van der Waals surface area (Å²) in [6.07, 6.45) is 5.34. The van der Waals surface area contributed by atoms with Gasteiger partial charge in [-0.05, 0) is 32.0 Å². The number of hydrogen-bond donors (Lipinski definition) is 2. The monoisotopic (exact) mass is 347 g/mol. The third kappa shape index (κ3) is 2.90. The third-order valence-corrected chi connectivity index (χ3v) is 4.85. The smallest absolute Gasteiger partial charge is 0.155 e. The second kappa shape index (κ2) is 6.96. The summed E-state index contributed by atoms with van der Waals surface area (Å²) in [5, 5.41) is 9.29. The number of fused-ring (bicyclic) bond motifs is 4. The number of nitrogens with zero attached hydrogens (tertiary/aromatic N) is 1. The Hall–Kier alpha value is -2.59. The van der Waals surface area contributed by atoms with Gasteiger partial charge in [-0.15, -0.1) is 0 Å². The molecule has 0 saturated carbocycles. The molecule has 2 N–H and O–H groups in total. The van der Waals surface area contributed by atoms with Crippen molar-refractivity contribution < 1.29 is 4.74 Å². The molecule has 0 fully saturated rings. The van der Waals surface area contributed by atoms with Crippen molar-refractivity contribution in [3.8, 4) is 5.75 Å². The van der Waals surface area contributed by atoms with Gasteiger partial charge in [-0.25, -0.2) is 4.99 Å². The number of ether oxygens (including phenoxy) is 1. The fourth-order valence-corrected chi connectivity index (χ4v) is 3.53. The number of anilines is 1. The van der Waals surface area contributed by atoms with Gasteiger partial charge in [0.2, 0.25) is 0 Å². The molecule has 0 radical (unpaired) electrons. The first kappa shape index (κ1) is 16.9. The Bertz CT molecular complexity index is 940. The van der Waals surface area contributed by atoms with Gasteiger partial charge in [-0.2, -0.15) is 0 Å². The highest BCUT2D eigenvalue weighted by Crippen LogP contribution is 2.44. The van der Waals surface area contributed by atoms with Crippen LogP contribution in [0.15, 0.2) is 58.8 Å². The lowest BCUT2D eigenvalue weighted by molar-refractivity contribution is 0.443. The maximum Gasteiger partial charge on any atom is 0.155 e. The highest BCUT2D eigenvalue weighted by atomic mass is 16.5. The number of hydrogen-bond acceptors (Lipinski definition) is 4. The summed E-state index contributed by atoms with van der Waals surface area (Å²) in [5.41, 5.74) is 4.18. The van der Waals surface area contributed by atoms with E-state index in [9.17, 15) is 0 Å². The van der Waals surface area contributed by atoms with E-state index >= 15 is 0 Å². The lowest BCUT2D eigenvalue weighted by atomic mass is 9.97. The van der Waals surface area contributed by atoms with Crippen LogP contribution in [0, 0.1) is 0 Å². The first-order chi connectivity index (χ1) is 12.7. The molecule has 1 aliphatic carbocycles. The standard InChI is InChI=1S/C22H25N3O/c1-4-10-24-18-13-21-22(16-9-7-6-8-15(16)18)25-19-11-14(3)17(23-5-2)12-20(19)26-21/h6-9,11-13,17,23-24H,4-5,10H2,1-3H3. The number of rotatable bonds is 5. The van der Waals surface area contributed by atoms with Crippen molar-refractivity contribution >= 4 is 27.9 Å². The van der Waals surface area contributed by atoms with Gasteiger partial charge in [-0.3, -0.25) is 0 Å². The van der Waals surface area contributed by atoms with Gasteiger partial charge in [0, 0.05) is 29.1 Å². The second-order valence-corrected chi connectivity index (χ2v) is 6.80. The minimum absolute atomic E-state index is 0.202. The van der Waals surface area contributed by atoms with Crippen molar-refractivity contribution in [3.05, 3.63) is 53.8 Å². The van der Waals surface area contributed by atoms with Gasteiger partial charge in [0.05, 0.1) is 6.04 Å². The van der Waals surface area contributed by atoms with E-state index in [1.165, 1.54) is 11.0 Å². The van der Waals surface area contributed by atoms with Crippen LogP contribution in [-0.2, 0) is 0 Å². The molecule has 0 bridgehead atoms. The summed E-state index contributed by atoms with van der Waals surface area (Å²) in [6, 6.07) is 10.7. The normalized spacial score (nSPS) is 18.3. The van der Waals surface area contributed by atoms with Crippen LogP contribution in [0.3, 0.4) is 0 Å². The number of likely N-dealkylation sites (N-methyl/N-ethyl adjacent to an activating group) is 1. The zero-order valence-corrected chi connectivity index (χ0v) is 15.6. The molecule has 2 aliphatic rings. The molecule has 4 heteroatoms. The molecule has 1 aliphatic heterocycles. The molecule has 1 atom stereocenters. The van der Waals surface area contributed by atoms with Gasteiger partial charge in [0.15, 0.2) is 11.5 Å². The quantitative estimate of drug-likeness (QED) is 0.804. The molecular formula is C22H25N3O. The Balaban J connectivity index is 1.84. The van der Waals surface area contributed by atoms with Gasteiger partial charge in [0.1, 0.15) is 11.4 Å². The van der Waals surface area contributed by atoms with Gasteiger partial charge in [0.25, 0.3) is 0 Å². The summed E-state index contributed by atoms with van der Waals surface area (Å²) in [4.78, 5) is 4.95. The van der Waals surface area contributed by atoms with Crippen LogP contribution in [0.2, 0.25) is 0 Å².